The number of anilines is 1. The van der Waals surface area contributed by atoms with Gasteiger partial charge >= 0.3 is 0 Å². The number of halogens is 1. The van der Waals surface area contributed by atoms with Crippen LogP contribution in [0.1, 0.15) is 19.3 Å². The van der Waals surface area contributed by atoms with Gasteiger partial charge in [-0.15, -0.1) is 0 Å². The van der Waals surface area contributed by atoms with Crippen molar-refractivity contribution in [1.82, 2.24) is 14.9 Å². The molecule has 1 saturated carbocycles. The summed E-state index contributed by atoms with van der Waals surface area (Å²) in [4.78, 5) is 15.9. The molecule has 1 aromatic heterocycles. The number of fused-ring (bicyclic) bond motifs is 1. The lowest BCUT2D eigenvalue weighted by Gasteiger charge is -2.07. The molecule has 0 atom stereocenters. The molecule has 1 aliphatic carbocycles. The predicted octanol–water partition coefficient (Wildman–Crippen LogP) is 1.94. The van der Waals surface area contributed by atoms with E-state index >= 15 is 0 Å². The van der Waals surface area contributed by atoms with Crippen molar-refractivity contribution in [3.8, 4) is 0 Å². The Kier molecular flexibility index (Phi) is 3.06. The summed E-state index contributed by atoms with van der Waals surface area (Å²) in [5.74, 6) is 0.474. The fourth-order valence-electron chi connectivity index (χ4n) is 2.09. The maximum absolute atomic E-state index is 11.7. The molecular weight excluding hydrogens is 264 g/mol. The van der Waals surface area contributed by atoms with E-state index in [1.807, 2.05) is 16.7 Å². The molecule has 0 spiro atoms. The van der Waals surface area contributed by atoms with Crippen molar-refractivity contribution < 1.29 is 4.79 Å². The number of hydrogen-bond donors (Lipinski definition) is 2. The number of aromatic nitrogens is 2. The Bertz CT molecular complexity index is 633. The van der Waals surface area contributed by atoms with Crippen LogP contribution in [0.4, 0.5) is 5.95 Å². The summed E-state index contributed by atoms with van der Waals surface area (Å²) in [7, 11) is 0. The third kappa shape index (κ3) is 2.66. The molecule has 5 nitrogen and oxygen atoms in total. The highest BCUT2D eigenvalue weighted by Crippen LogP contribution is 2.22. The summed E-state index contributed by atoms with van der Waals surface area (Å²) < 4.78 is 1.83. The minimum absolute atomic E-state index is 0.0609. The minimum atomic E-state index is 0.0609. The number of rotatable bonds is 4. The third-order valence-corrected chi connectivity index (χ3v) is 3.48. The fraction of sp³-hybridized carbons (Fsp3) is 0.385. The first-order valence-corrected chi connectivity index (χ1v) is 6.72. The Morgan fingerprint density at radius 1 is 1.53 bits per heavy atom. The zero-order chi connectivity index (χ0) is 13.4. The SMILES string of the molecule is Nc1nc2ccc(Cl)cc2n1CCC(=O)NC1CC1. The van der Waals surface area contributed by atoms with Crippen LogP contribution < -0.4 is 11.1 Å². The van der Waals surface area contributed by atoms with Gasteiger partial charge in [-0.2, -0.15) is 0 Å². The van der Waals surface area contributed by atoms with Crippen LogP contribution in [-0.4, -0.2) is 21.5 Å². The van der Waals surface area contributed by atoms with Crippen LogP contribution >= 0.6 is 11.6 Å². The number of carbonyl (C=O) groups excluding carboxylic acids is 1. The van der Waals surface area contributed by atoms with Crippen LogP contribution in [0.2, 0.25) is 5.02 Å². The molecule has 1 heterocycles. The number of hydrogen-bond acceptors (Lipinski definition) is 3. The fourth-order valence-corrected chi connectivity index (χ4v) is 2.26. The molecule has 100 valence electrons. The van der Waals surface area contributed by atoms with Gasteiger partial charge in [-0.25, -0.2) is 4.98 Å². The number of nitrogens with zero attached hydrogens (tertiary/aromatic N) is 2. The van der Waals surface area contributed by atoms with Gasteiger partial charge in [-0.1, -0.05) is 11.6 Å². The van der Waals surface area contributed by atoms with Gasteiger partial charge in [0, 0.05) is 24.0 Å². The Balaban J connectivity index is 1.77. The van der Waals surface area contributed by atoms with Gasteiger partial charge in [0.15, 0.2) is 0 Å². The van der Waals surface area contributed by atoms with Gasteiger partial charge in [-0.3, -0.25) is 4.79 Å². The first-order valence-electron chi connectivity index (χ1n) is 6.34. The molecule has 19 heavy (non-hydrogen) atoms. The molecule has 2 aromatic rings. The van der Waals surface area contributed by atoms with E-state index in [1.165, 1.54) is 0 Å². The lowest BCUT2D eigenvalue weighted by atomic mass is 10.3. The first kappa shape index (κ1) is 12.3. The second-order valence-corrected chi connectivity index (χ2v) is 5.28. The van der Waals surface area contributed by atoms with Crippen molar-refractivity contribution >= 4 is 34.5 Å². The average molecular weight is 279 g/mol. The summed E-state index contributed by atoms with van der Waals surface area (Å²) >= 11 is 5.98. The van der Waals surface area contributed by atoms with Crippen molar-refractivity contribution in [3.05, 3.63) is 23.2 Å². The smallest absolute Gasteiger partial charge is 0.222 e. The molecule has 6 heteroatoms. The number of nitrogen functional groups attached to an aromatic ring is 1. The largest absolute Gasteiger partial charge is 0.369 e. The highest BCUT2D eigenvalue weighted by Gasteiger charge is 2.23. The van der Waals surface area contributed by atoms with E-state index < -0.39 is 0 Å². The molecule has 0 bridgehead atoms. The highest BCUT2D eigenvalue weighted by atomic mass is 35.5. The van der Waals surface area contributed by atoms with E-state index in [0.29, 0.717) is 30.0 Å². The van der Waals surface area contributed by atoms with E-state index in [9.17, 15) is 4.79 Å². The maximum Gasteiger partial charge on any atom is 0.222 e. The molecular formula is C13H15ClN4O. The Morgan fingerprint density at radius 2 is 2.32 bits per heavy atom. The van der Waals surface area contributed by atoms with Crippen LogP contribution in [0.3, 0.4) is 0 Å². The normalized spacial score (nSPS) is 14.8. The number of imidazole rings is 1. The second kappa shape index (κ2) is 4.74. The van der Waals surface area contributed by atoms with E-state index in [-0.39, 0.29) is 5.91 Å². The van der Waals surface area contributed by atoms with E-state index in [2.05, 4.69) is 10.3 Å². The van der Waals surface area contributed by atoms with Crippen molar-refractivity contribution in [2.24, 2.45) is 0 Å². The Labute approximate surface area is 115 Å². The van der Waals surface area contributed by atoms with Crippen LogP contribution in [0.5, 0.6) is 0 Å². The number of amides is 1. The van der Waals surface area contributed by atoms with Crippen LogP contribution in [-0.2, 0) is 11.3 Å². The van der Waals surface area contributed by atoms with Gasteiger partial charge in [0.1, 0.15) is 0 Å². The molecule has 3 rings (SSSR count). The van der Waals surface area contributed by atoms with Crippen LogP contribution in [0.15, 0.2) is 18.2 Å². The highest BCUT2D eigenvalue weighted by molar-refractivity contribution is 6.31. The van der Waals surface area contributed by atoms with Crippen molar-refractivity contribution in [2.75, 3.05) is 5.73 Å². The van der Waals surface area contributed by atoms with Gasteiger partial charge in [0.05, 0.1) is 11.0 Å². The molecule has 1 amide bonds. The summed E-state index contributed by atoms with van der Waals surface area (Å²) in [6, 6.07) is 5.81. The molecule has 3 N–H and O–H groups in total. The lowest BCUT2D eigenvalue weighted by molar-refractivity contribution is -0.121. The predicted molar refractivity (Wildman–Crippen MR) is 74.9 cm³/mol. The summed E-state index contributed by atoms with van der Waals surface area (Å²) in [6.45, 7) is 0.515. The zero-order valence-corrected chi connectivity index (χ0v) is 11.2. The molecule has 1 fully saturated rings. The molecule has 0 unspecified atom stereocenters. The maximum atomic E-state index is 11.7. The van der Waals surface area contributed by atoms with Crippen LogP contribution in [0, 0.1) is 0 Å². The van der Waals surface area contributed by atoms with E-state index in [0.717, 1.165) is 23.9 Å². The number of aryl methyl sites for hydroxylation is 1. The summed E-state index contributed by atoms with van der Waals surface area (Å²) in [5, 5.41) is 3.59. The number of carbonyl (C=O) groups is 1. The summed E-state index contributed by atoms with van der Waals surface area (Å²) in [5.41, 5.74) is 7.54. The zero-order valence-electron chi connectivity index (χ0n) is 10.4. The molecule has 0 aliphatic heterocycles. The molecule has 1 aromatic carbocycles. The number of benzene rings is 1. The molecule has 0 saturated heterocycles. The second-order valence-electron chi connectivity index (χ2n) is 4.85. The molecule has 1 aliphatic rings. The van der Waals surface area contributed by atoms with E-state index in [4.69, 9.17) is 17.3 Å². The van der Waals surface area contributed by atoms with Gasteiger partial charge in [-0.05, 0) is 31.0 Å². The van der Waals surface area contributed by atoms with Crippen LogP contribution in [0.25, 0.3) is 11.0 Å². The Hall–Kier alpha value is -1.75. The van der Waals surface area contributed by atoms with Crippen molar-refractivity contribution in [1.29, 1.82) is 0 Å². The standard InChI is InChI=1S/C13H15ClN4O/c14-8-1-4-10-11(7-8)18(13(15)17-10)6-5-12(19)16-9-2-3-9/h1,4,7,9H,2-3,5-6H2,(H2,15,17)(H,16,19). The minimum Gasteiger partial charge on any atom is -0.369 e. The van der Waals surface area contributed by atoms with Gasteiger partial charge in [0.25, 0.3) is 0 Å². The van der Waals surface area contributed by atoms with Crippen molar-refractivity contribution in [2.45, 2.75) is 31.8 Å². The summed E-state index contributed by atoms with van der Waals surface area (Å²) in [6.07, 6.45) is 2.59. The van der Waals surface area contributed by atoms with Gasteiger partial charge in [0.2, 0.25) is 11.9 Å². The first-order chi connectivity index (χ1) is 9.13. The third-order valence-electron chi connectivity index (χ3n) is 3.24. The monoisotopic (exact) mass is 278 g/mol. The van der Waals surface area contributed by atoms with E-state index in [1.54, 1.807) is 6.07 Å². The average Bonchev–Trinajstić information content (AvgIpc) is 3.11. The van der Waals surface area contributed by atoms with Crippen molar-refractivity contribution in [3.63, 3.8) is 0 Å². The lowest BCUT2D eigenvalue weighted by Crippen LogP contribution is -2.26. The number of nitrogens with two attached hydrogens (primary N) is 1. The quantitative estimate of drug-likeness (QED) is 0.898. The number of nitrogens with one attached hydrogen (secondary N) is 1. The topological polar surface area (TPSA) is 72.9 Å². The van der Waals surface area contributed by atoms with Gasteiger partial charge < -0.3 is 15.6 Å². The molecule has 0 radical (unpaired) electrons. The Morgan fingerprint density at radius 3 is 3.05 bits per heavy atom.